The van der Waals surface area contributed by atoms with Crippen LogP contribution in [0.1, 0.15) is 52.9 Å². The molecule has 0 aromatic heterocycles. The van der Waals surface area contributed by atoms with E-state index in [1.807, 2.05) is 6.92 Å². The molecular weight excluding hydrogens is 160 g/mol. The summed E-state index contributed by atoms with van der Waals surface area (Å²) in [5, 5.41) is 9.69. The summed E-state index contributed by atoms with van der Waals surface area (Å²) in [6.45, 7) is 6.31. The summed E-state index contributed by atoms with van der Waals surface area (Å²) in [7, 11) is 0. The first kappa shape index (κ1) is 12.5. The van der Waals surface area contributed by atoms with Crippen molar-refractivity contribution in [3.05, 3.63) is 0 Å². The van der Waals surface area contributed by atoms with Gasteiger partial charge in [0, 0.05) is 6.42 Å². The minimum absolute atomic E-state index is 0.374. The molecule has 0 fully saturated rings. The van der Waals surface area contributed by atoms with Gasteiger partial charge in [0.25, 0.3) is 0 Å². The van der Waals surface area contributed by atoms with Crippen LogP contribution in [0, 0.1) is 17.8 Å². The molecule has 13 heavy (non-hydrogen) atoms. The van der Waals surface area contributed by atoms with Crippen molar-refractivity contribution in [2.45, 2.75) is 59.0 Å². The molecule has 0 aromatic carbocycles. The molecule has 0 aliphatic carbocycles. The zero-order chi connectivity index (χ0) is 10.1. The Kier molecular flexibility index (Phi) is 7.83. The predicted molar refractivity (Wildman–Crippen MR) is 57.4 cm³/mol. The van der Waals surface area contributed by atoms with E-state index in [1.54, 1.807) is 0 Å². The molecule has 1 heteroatoms. The summed E-state index contributed by atoms with van der Waals surface area (Å²) in [5.74, 6) is 6.21. The van der Waals surface area contributed by atoms with E-state index < -0.39 is 6.10 Å². The van der Waals surface area contributed by atoms with Crippen molar-refractivity contribution in [1.82, 2.24) is 0 Å². The standard InChI is InChI=1S/C12H22O/c1-4-7-9-11(6-3)12(13)10-8-5-2/h11-13H,4-7,9H2,1-3H3. The van der Waals surface area contributed by atoms with Gasteiger partial charge in [0.15, 0.2) is 0 Å². The van der Waals surface area contributed by atoms with Gasteiger partial charge in [0.1, 0.15) is 6.10 Å². The molecule has 0 rings (SSSR count). The minimum Gasteiger partial charge on any atom is -0.380 e. The summed E-state index contributed by atoms with van der Waals surface area (Å²) in [6.07, 6.45) is 4.96. The van der Waals surface area contributed by atoms with Gasteiger partial charge in [0.2, 0.25) is 0 Å². The lowest BCUT2D eigenvalue weighted by molar-refractivity contribution is 0.150. The molecule has 0 bridgehead atoms. The molecule has 0 aromatic rings. The molecular formula is C12H22O. The molecule has 0 heterocycles. The number of aliphatic hydroxyl groups excluding tert-OH is 1. The van der Waals surface area contributed by atoms with Gasteiger partial charge in [0.05, 0.1) is 0 Å². The van der Waals surface area contributed by atoms with E-state index in [0.717, 1.165) is 19.3 Å². The van der Waals surface area contributed by atoms with Crippen molar-refractivity contribution in [2.75, 3.05) is 0 Å². The first-order valence-corrected chi connectivity index (χ1v) is 5.42. The maximum absolute atomic E-state index is 9.69. The largest absolute Gasteiger partial charge is 0.380 e. The van der Waals surface area contributed by atoms with Crippen LogP contribution in [0.25, 0.3) is 0 Å². The van der Waals surface area contributed by atoms with Crippen molar-refractivity contribution in [3.63, 3.8) is 0 Å². The van der Waals surface area contributed by atoms with E-state index >= 15 is 0 Å². The van der Waals surface area contributed by atoms with E-state index in [9.17, 15) is 5.11 Å². The second-order valence-electron chi connectivity index (χ2n) is 3.43. The van der Waals surface area contributed by atoms with E-state index in [0.29, 0.717) is 5.92 Å². The molecule has 1 nitrogen and oxygen atoms in total. The van der Waals surface area contributed by atoms with Crippen LogP contribution in [0.15, 0.2) is 0 Å². The normalized spacial score (nSPS) is 14.5. The zero-order valence-corrected chi connectivity index (χ0v) is 9.14. The van der Waals surface area contributed by atoms with Gasteiger partial charge in [-0.15, -0.1) is 5.92 Å². The molecule has 0 radical (unpaired) electrons. The average Bonchev–Trinajstić information content (AvgIpc) is 2.16. The zero-order valence-electron chi connectivity index (χ0n) is 9.14. The lowest BCUT2D eigenvalue weighted by atomic mass is 9.94. The molecule has 2 atom stereocenters. The van der Waals surface area contributed by atoms with Gasteiger partial charge in [-0.1, -0.05) is 39.5 Å². The summed E-state index contributed by atoms with van der Waals surface area (Å²) in [5.41, 5.74) is 0. The van der Waals surface area contributed by atoms with Gasteiger partial charge < -0.3 is 5.11 Å². The second kappa shape index (κ2) is 8.13. The third-order valence-corrected chi connectivity index (χ3v) is 2.33. The van der Waals surface area contributed by atoms with E-state index in [4.69, 9.17) is 0 Å². The van der Waals surface area contributed by atoms with Crippen LogP contribution >= 0.6 is 0 Å². The third-order valence-electron chi connectivity index (χ3n) is 2.33. The first-order chi connectivity index (χ1) is 6.26. The Labute approximate surface area is 82.5 Å². The highest BCUT2D eigenvalue weighted by Crippen LogP contribution is 2.16. The Morgan fingerprint density at radius 1 is 1.23 bits per heavy atom. The molecule has 0 aliphatic rings. The summed E-state index contributed by atoms with van der Waals surface area (Å²) in [6, 6.07) is 0. The number of hydrogen-bond acceptors (Lipinski definition) is 1. The van der Waals surface area contributed by atoms with Gasteiger partial charge >= 0.3 is 0 Å². The highest BCUT2D eigenvalue weighted by Gasteiger charge is 2.13. The average molecular weight is 182 g/mol. The van der Waals surface area contributed by atoms with Crippen LogP contribution in [-0.4, -0.2) is 11.2 Å². The highest BCUT2D eigenvalue weighted by atomic mass is 16.3. The number of hydrogen-bond donors (Lipinski definition) is 1. The van der Waals surface area contributed by atoms with Crippen LogP contribution in [0.2, 0.25) is 0 Å². The van der Waals surface area contributed by atoms with Crippen LogP contribution in [0.3, 0.4) is 0 Å². The van der Waals surface area contributed by atoms with Crippen molar-refractivity contribution in [2.24, 2.45) is 5.92 Å². The molecule has 76 valence electrons. The molecule has 0 aliphatic heterocycles. The molecule has 2 unspecified atom stereocenters. The van der Waals surface area contributed by atoms with Gasteiger partial charge in [-0.3, -0.25) is 0 Å². The number of unbranched alkanes of at least 4 members (excludes halogenated alkanes) is 1. The lowest BCUT2D eigenvalue weighted by Crippen LogP contribution is -2.17. The monoisotopic (exact) mass is 182 g/mol. The predicted octanol–water partition coefficient (Wildman–Crippen LogP) is 2.98. The summed E-state index contributed by atoms with van der Waals surface area (Å²) < 4.78 is 0. The third kappa shape index (κ3) is 5.71. The Morgan fingerprint density at radius 2 is 1.92 bits per heavy atom. The van der Waals surface area contributed by atoms with Crippen molar-refractivity contribution >= 4 is 0 Å². The SMILES string of the molecule is CCC#CC(O)C(CC)CCCC. The number of aliphatic hydroxyl groups is 1. The van der Waals surface area contributed by atoms with Crippen molar-refractivity contribution in [1.29, 1.82) is 0 Å². The van der Waals surface area contributed by atoms with Crippen LogP contribution in [0.5, 0.6) is 0 Å². The van der Waals surface area contributed by atoms with Crippen molar-refractivity contribution < 1.29 is 5.11 Å². The molecule has 0 amide bonds. The Bertz CT molecular complexity index is 164. The quantitative estimate of drug-likeness (QED) is 0.648. The first-order valence-electron chi connectivity index (χ1n) is 5.42. The van der Waals surface area contributed by atoms with Crippen LogP contribution in [-0.2, 0) is 0 Å². The summed E-state index contributed by atoms with van der Waals surface area (Å²) >= 11 is 0. The second-order valence-corrected chi connectivity index (χ2v) is 3.43. The van der Waals surface area contributed by atoms with Crippen LogP contribution in [0.4, 0.5) is 0 Å². The van der Waals surface area contributed by atoms with Gasteiger partial charge in [-0.25, -0.2) is 0 Å². The molecule has 0 saturated heterocycles. The fraction of sp³-hybridized carbons (Fsp3) is 0.833. The fourth-order valence-electron chi connectivity index (χ4n) is 1.38. The van der Waals surface area contributed by atoms with E-state index in [2.05, 4.69) is 25.7 Å². The minimum atomic E-state index is -0.406. The van der Waals surface area contributed by atoms with Gasteiger partial charge in [-0.05, 0) is 18.8 Å². The van der Waals surface area contributed by atoms with E-state index in [1.165, 1.54) is 12.8 Å². The smallest absolute Gasteiger partial charge is 0.117 e. The van der Waals surface area contributed by atoms with Gasteiger partial charge in [-0.2, -0.15) is 0 Å². The maximum atomic E-state index is 9.69. The molecule has 0 spiro atoms. The molecule has 1 N–H and O–H groups in total. The topological polar surface area (TPSA) is 20.2 Å². The Morgan fingerprint density at radius 3 is 2.38 bits per heavy atom. The van der Waals surface area contributed by atoms with Crippen molar-refractivity contribution in [3.8, 4) is 11.8 Å². The molecule has 0 saturated carbocycles. The Balaban J connectivity index is 3.91. The highest BCUT2D eigenvalue weighted by molar-refractivity contribution is 5.05. The number of rotatable bonds is 5. The lowest BCUT2D eigenvalue weighted by Gasteiger charge is -2.16. The van der Waals surface area contributed by atoms with Crippen LogP contribution < -0.4 is 0 Å². The maximum Gasteiger partial charge on any atom is 0.117 e. The summed E-state index contributed by atoms with van der Waals surface area (Å²) in [4.78, 5) is 0. The Hall–Kier alpha value is -0.480. The fourth-order valence-corrected chi connectivity index (χ4v) is 1.38. The van der Waals surface area contributed by atoms with E-state index in [-0.39, 0.29) is 0 Å².